The van der Waals surface area contributed by atoms with Gasteiger partial charge < -0.3 is 10.2 Å². The van der Waals surface area contributed by atoms with Gasteiger partial charge in [0, 0.05) is 30.0 Å². The Morgan fingerprint density at radius 1 is 1.18 bits per heavy atom. The Kier molecular flexibility index (Phi) is 8.74. The highest BCUT2D eigenvalue weighted by atomic mass is 35.5. The van der Waals surface area contributed by atoms with Crippen LogP contribution in [0, 0.1) is 23.2 Å². The molecule has 1 unspecified atom stereocenters. The number of pyridine rings is 1. The van der Waals surface area contributed by atoms with Crippen molar-refractivity contribution in [1.29, 1.82) is 5.26 Å². The summed E-state index contributed by atoms with van der Waals surface area (Å²) < 4.78 is 0. The lowest BCUT2D eigenvalue weighted by Gasteiger charge is -2.36. The second-order valence-corrected chi connectivity index (χ2v) is 9.31. The number of nitrogens with one attached hydrogen (secondary N) is 1. The summed E-state index contributed by atoms with van der Waals surface area (Å²) in [5.41, 5.74) is 3.68. The monoisotopic (exact) mass is 460 g/mol. The molecular weight excluding hydrogens is 428 g/mol. The number of fused-ring (bicyclic) bond motifs is 1. The largest absolute Gasteiger partial charge is 0.370 e. The summed E-state index contributed by atoms with van der Waals surface area (Å²) in [5.74, 6) is 2.00. The smallest absolute Gasteiger partial charge is 0.147 e. The Bertz CT molecular complexity index is 1100. The van der Waals surface area contributed by atoms with Crippen molar-refractivity contribution in [3.63, 3.8) is 0 Å². The maximum Gasteiger partial charge on any atom is 0.147 e. The van der Waals surface area contributed by atoms with Crippen molar-refractivity contribution < 1.29 is 0 Å². The van der Waals surface area contributed by atoms with Crippen LogP contribution in [0.4, 0.5) is 11.5 Å². The van der Waals surface area contributed by atoms with Crippen LogP contribution in [-0.4, -0.2) is 18.1 Å². The van der Waals surface area contributed by atoms with Gasteiger partial charge in [-0.3, -0.25) is 0 Å². The molecule has 33 heavy (non-hydrogen) atoms. The van der Waals surface area contributed by atoms with Gasteiger partial charge in [0.2, 0.25) is 0 Å². The molecule has 1 atom stereocenters. The Morgan fingerprint density at radius 2 is 1.91 bits per heavy atom. The molecule has 2 aromatic carbocycles. The normalized spacial score (nSPS) is 15.6. The Labute approximate surface area is 202 Å². The Hall–Kier alpha value is -3.03. The van der Waals surface area contributed by atoms with E-state index in [-0.39, 0.29) is 0 Å². The molecule has 0 radical (unpaired) electrons. The van der Waals surface area contributed by atoms with Gasteiger partial charge in [-0.1, -0.05) is 55.8 Å². The number of hydrogen-bond acceptors (Lipinski definition) is 4. The van der Waals surface area contributed by atoms with Crippen LogP contribution in [0.15, 0.2) is 61.7 Å². The number of benzene rings is 2. The summed E-state index contributed by atoms with van der Waals surface area (Å²) in [7, 11) is 0. The molecule has 172 valence electrons. The van der Waals surface area contributed by atoms with Crippen molar-refractivity contribution in [2.24, 2.45) is 11.8 Å². The van der Waals surface area contributed by atoms with Gasteiger partial charge in [0.1, 0.15) is 17.5 Å². The first-order valence-corrected chi connectivity index (χ1v) is 12.0. The van der Waals surface area contributed by atoms with Gasteiger partial charge >= 0.3 is 0 Å². The van der Waals surface area contributed by atoms with Crippen LogP contribution >= 0.6 is 11.6 Å². The van der Waals surface area contributed by atoms with Crippen molar-refractivity contribution in [1.82, 2.24) is 4.98 Å². The highest BCUT2D eigenvalue weighted by Gasteiger charge is 2.26. The summed E-state index contributed by atoms with van der Waals surface area (Å²) in [4.78, 5) is 7.24. The fraction of sp³-hybridized carbons (Fsp3) is 0.357. The fourth-order valence-electron chi connectivity index (χ4n) is 4.67. The molecule has 4 rings (SSSR count). The van der Waals surface area contributed by atoms with E-state index in [0.717, 1.165) is 41.7 Å². The summed E-state index contributed by atoms with van der Waals surface area (Å²) >= 11 is 6.01. The predicted molar refractivity (Wildman–Crippen MR) is 141 cm³/mol. The number of aromatic nitrogens is 1. The number of hydrogen-bond donors (Lipinski definition) is 1. The Balaban J connectivity index is 0.00000149. The van der Waals surface area contributed by atoms with Crippen LogP contribution in [0.1, 0.15) is 44.2 Å². The summed E-state index contributed by atoms with van der Waals surface area (Å²) in [6.07, 6.45) is 3.65. The van der Waals surface area contributed by atoms with Crippen LogP contribution in [0.5, 0.6) is 0 Å². The van der Waals surface area contributed by atoms with Crippen LogP contribution in [0.25, 0.3) is 10.9 Å². The molecular formula is C28H33ClN4. The molecule has 0 aliphatic carbocycles. The molecule has 1 saturated heterocycles. The predicted octanol–water partition coefficient (Wildman–Crippen LogP) is 7.44. The third kappa shape index (κ3) is 6.06. The molecule has 0 bridgehead atoms. The van der Waals surface area contributed by atoms with E-state index in [0.29, 0.717) is 34.8 Å². The van der Waals surface area contributed by atoms with Gasteiger partial charge in [-0.05, 0) is 54.9 Å². The molecule has 0 saturated carbocycles. The van der Waals surface area contributed by atoms with Gasteiger partial charge in [0.05, 0.1) is 11.2 Å². The van der Waals surface area contributed by atoms with E-state index in [4.69, 9.17) is 16.6 Å². The number of para-hydroxylation sites is 1. The molecule has 3 aromatic rings. The molecule has 4 nitrogen and oxygen atoms in total. The first-order chi connectivity index (χ1) is 16.0. The van der Waals surface area contributed by atoms with Gasteiger partial charge in [-0.15, -0.1) is 13.2 Å². The maximum atomic E-state index is 10.2. The quantitative estimate of drug-likeness (QED) is 0.388. The average molecular weight is 461 g/mol. The molecule has 0 amide bonds. The third-order valence-corrected chi connectivity index (χ3v) is 6.24. The van der Waals surface area contributed by atoms with E-state index < -0.39 is 0 Å². The van der Waals surface area contributed by atoms with E-state index in [1.165, 1.54) is 12.8 Å². The maximum absolute atomic E-state index is 10.2. The fourth-order valence-corrected chi connectivity index (χ4v) is 4.80. The molecule has 1 fully saturated rings. The van der Waals surface area contributed by atoms with Crippen molar-refractivity contribution in [3.05, 3.63) is 77.8 Å². The van der Waals surface area contributed by atoms with Gasteiger partial charge in [-0.2, -0.15) is 5.26 Å². The van der Waals surface area contributed by atoms with E-state index in [2.05, 4.69) is 49.4 Å². The average Bonchev–Trinajstić information content (AvgIpc) is 2.83. The lowest BCUT2D eigenvalue weighted by atomic mass is 9.89. The minimum atomic E-state index is 0.590. The minimum absolute atomic E-state index is 0.590. The van der Waals surface area contributed by atoms with Gasteiger partial charge in [0.15, 0.2) is 0 Å². The van der Waals surface area contributed by atoms with E-state index in [9.17, 15) is 5.26 Å². The SMILES string of the molecule is C=C.CC(C)CC1CCCN(c2c(C#N)c(NCc3ccc(Cl)cc3)nc3ccccc23)C1. The minimum Gasteiger partial charge on any atom is -0.370 e. The molecule has 1 aromatic heterocycles. The zero-order valence-electron chi connectivity index (χ0n) is 19.6. The second-order valence-electron chi connectivity index (χ2n) is 8.88. The van der Waals surface area contributed by atoms with Gasteiger partial charge in [0.25, 0.3) is 0 Å². The zero-order chi connectivity index (χ0) is 23.8. The summed E-state index contributed by atoms with van der Waals surface area (Å²) in [6, 6.07) is 18.4. The topological polar surface area (TPSA) is 52.0 Å². The zero-order valence-corrected chi connectivity index (χ0v) is 20.4. The Morgan fingerprint density at radius 3 is 2.61 bits per heavy atom. The molecule has 1 N–H and O–H groups in total. The van der Waals surface area contributed by atoms with E-state index >= 15 is 0 Å². The molecule has 1 aliphatic rings. The van der Waals surface area contributed by atoms with Crippen molar-refractivity contribution >= 4 is 34.0 Å². The lowest BCUT2D eigenvalue weighted by Crippen LogP contribution is -2.36. The van der Waals surface area contributed by atoms with Crippen LogP contribution < -0.4 is 10.2 Å². The molecule has 0 spiro atoms. The number of anilines is 2. The van der Waals surface area contributed by atoms with Crippen LogP contribution in [0.3, 0.4) is 0 Å². The second kappa shape index (κ2) is 11.7. The van der Waals surface area contributed by atoms with Crippen LogP contribution in [0.2, 0.25) is 5.02 Å². The summed E-state index contributed by atoms with van der Waals surface area (Å²) in [5, 5.41) is 15.3. The number of halogens is 1. The highest BCUT2D eigenvalue weighted by molar-refractivity contribution is 6.30. The van der Waals surface area contributed by atoms with Crippen molar-refractivity contribution in [3.8, 4) is 6.07 Å². The molecule has 1 aliphatic heterocycles. The number of piperidine rings is 1. The lowest BCUT2D eigenvalue weighted by molar-refractivity contribution is 0.347. The first kappa shape index (κ1) is 24.6. The van der Waals surface area contributed by atoms with Crippen LogP contribution in [-0.2, 0) is 6.54 Å². The third-order valence-electron chi connectivity index (χ3n) is 5.99. The number of rotatable bonds is 6. The number of nitrogens with zero attached hydrogens (tertiary/aromatic N) is 3. The van der Waals surface area contributed by atoms with Gasteiger partial charge in [-0.25, -0.2) is 4.98 Å². The molecule has 5 heteroatoms. The first-order valence-electron chi connectivity index (χ1n) is 11.6. The highest BCUT2D eigenvalue weighted by Crippen LogP contribution is 2.37. The van der Waals surface area contributed by atoms with Crippen molar-refractivity contribution in [2.45, 2.75) is 39.7 Å². The molecule has 2 heterocycles. The van der Waals surface area contributed by atoms with E-state index in [1.54, 1.807) is 0 Å². The summed E-state index contributed by atoms with van der Waals surface area (Å²) in [6.45, 7) is 13.2. The number of nitriles is 1. The van der Waals surface area contributed by atoms with E-state index in [1.807, 2.05) is 42.5 Å². The van der Waals surface area contributed by atoms with Crippen molar-refractivity contribution in [2.75, 3.05) is 23.3 Å². The standard InChI is InChI=1S/C26H29ClN4.C2H4/c1-18(2)14-20-6-5-13-31(17-20)25-22-7-3-4-8-24(22)30-26(23(25)15-28)29-16-19-9-11-21(27)12-10-19;1-2/h3-4,7-12,18,20H,5-6,13-14,16-17H2,1-2H3,(H,29,30);1-2H2.